The number of halogens is 3. The van der Waals surface area contributed by atoms with Gasteiger partial charge in [0, 0.05) is 6.54 Å². The third-order valence-corrected chi connectivity index (χ3v) is 1.69. The molecule has 0 aromatic carbocycles. The maximum atomic E-state index is 11.7. The van der Waals surface area contributed by atoms with Gasteiger partial charge in [0.05, 0.1) is 19.0 Å². The number of rotatable bonds is 6. The van der Waals surface area contributed by atoms with E-state index in [1.165, 1.54) is 6.20 Å². The zero-order chi connectivity index (χ0) is 13.6. The Hall–Kier alpha value is -1.90. The number of hydrogen-bond acceptors (Lipinski definition) is 5. The fourth-order valence-electron chi connectivity index (χ4n) is 0.969. The van der Waals surface area contributed by atoms with E-state index < -0.39 is 18.8 Å². The van der Waals surface area contributed by atoms with E-state index in [1.807, 2.05) is 0 Å². The highest BCUT2D eigenvalue weighted by molar-refractivity contribution is 5.84. The molecule has 0 amide bonds. The summed E-state index contributed by atoms with van der Waals surface area (Å²) in [5.74, 6) is -0.946. The predicted molar refractivity (Wildman–Crippen MR) is 54.4 cm³/mol. The number of nitrogens with zero attached hydrogens (tertiary/aromatic N) is 2. The minimum Gasteiger partial charge on any atom is -0.476 e. The zero-order valence-electron chi connectivity index (χ0n) is 9.07. The van der Waals surface area contributed by atoms with Crippen LogP contribution in [-0.4, -0.2) is 47.0 Å². The number of aromatic carboxylic acids is 1. The summed E-state index contributed by atoms with van der Waals surface area (Å²) in [7, 11) is 0. The topological polar surface area (TPSA) is 84.3 Å². The summed E-state index contributed by atoms with van der Waals surface area (Å²) < 4.78 is 39.5. The Morgan fingerprint density at radius 2 is 2.11 bits per heavy atom. The molecule has 0 atom stereocenters. The summed E-state index contributed by atoms with van der Waals surface area (Å²) in [4.78, 5) is 17.7. The third-order valence-electron chi connectivity index (χ3n) is 1.69. The third kappa shape index (κ3) is 5.43. The molecule has 9 heteroatoms. The molecule has 1 aromatic rings. The van der Waals surface area contributed by atoms with Crippen LogP contribution in [-0.2, 0) is 4.74 Å². The molecular weight excluding hydrogens is 255 g/mol. The van der Waals surface area contributed by atoms with Crippen molar-refractivity contribution in [3.05, 3.63) is 18.1 Å². The van der Waals surface area contributed by atoms with Crippen molar-refractivity contribution >= 4 is 11.8 Å². The highest BCUT2D eigenvalue weighted by Gasteiger charge is 2.27. The molecule has 0 spiro atoms. The molecule has 0 bridgehead atoms. The Kier molecular flexibility index (Phi) is 4.84. The lowest BCUT2D eigenvalue weighted by atomic mass is 10.4. The normalized spacial score (nSPS) is 11.3. The second-order valence-electron chi connectivity index (χ2n) is 3.19. The summed E-state index contributed by atoms with van der Waals surface area (Å²) in [5, 5.41) is 11.2. The van der Waals surface area contributed by atoms with E-state index in [2.05, 4.69) is 20.0 Å². The molecule has 2 N–H and O–H groups in total. The van der Waals surface area contributed by atoms with Crippen molar-refractivity contribution in [2.24, 2.45) is 0 Å². The van der Waals surface area contributed by atoms with Crippen LogP contribution in [0.5, 0.6) is 0 Å². The number of anilines is 1. The first-order chi connectivity index (χ1) is 8.38. The van der Waals surface area contributed by atoms with Gasteiger partial charge in [-0.2, -0.15) is 13.2 Å². The average molecular weight is 265 g/mol. The monoisotopic (exact) mass is 265 g/mol. The smallest absolute Gasteiger partial charge is 0.411 e. The molecule has 0 saturated carbocycles. The molecule has 100 valence electrons. The van der Waals surface area contributed by atoms with Crippen molar-refractivity contribution in [1.29, 1.82) is 0 Å². The Morgan fingerprint density at radius 1 is 1.39 bits per heavy atom. The quantitative estimate of drug-likeness (QED) is 0.751. The largest absolute Gasteiger partial charge is 0.476 e. The van der Waals surface area contributed by atoms with Gasteiger partial charge in [-0.3, -0.25) is 0 Å². The Morgan fingerprint density at radius 3 is 2.61 bits per heavy atom. The summed E-state index contributed by atoms with van der Waals surface area (Å²) in [6, 6.07) is 0. The lowest BCUT2D eigenvalue weighted by Gasteiger charge is -2.08. The van der Waals surface area contributed by atoms with E-state index in [-0.39, 0.29) is 24.7 Å². The maximum absolute atomic E-state index is 11.7. The molecule has 1 heterocycles. The second kappa shape index (κ2) is 6.15. The number of ether oxygens (including phenoxy) is 1. The van der Waals surface area contributed by atoms with Gasteiger partial charge in [-0.25, -0.2) is 14.8 Å². The fraction of sp³-hybridized carbons (Fsp3) is 0.444. The van der Waals surface area contributed by atoms with Crippen molar-refractivity contribution in [2.75, 3.05) is 25.1 Å². The Labute approximate surface area is 99.8 Å². The van der Waals surface area contributed by atoms with Crippen LogP contribution in [0.2, 0.25) is 0 Å². The number of carbonyl (C=O) groups is 1. The van der Waals surface area contributed by atoms with Gasteiger partial charge >= 0.3 is 12.1 Å². The van der Waals surface area contributed by atoms with Crippen LogP contribution in [0.25, 0.3) is 0 Å². The number of aromatic nitrogens is 2. The van der Waals surface area contributed by atoms with Crippen LogP contribution < -0.4 is 5.32 Å². The van der Waals surface area contributed by atoms with Gasteiger partial charge in [0.2, 0.25) is 0 Å². The molecule has 0 saturated heterocycles. The van der Waals surface area contributed by atoms with Crippen molar-refractivity contribution in [3.8, 4) is 0 Å². The van der Waals surface area contributed by atoms with Crippen molar-refractivity contribution < 1.29 is 27.8 Å². The van der Waals surface area contributed by atoms with E-state index in [9.17, 15) is 18.0 Å². The van der Waals surface area contributed by atoms with Crippen LogP contribution in [0.1, 0.15) is 10.5 Å². The minimum absolute atomic E-state index is 0.108. The highest BCUT2D eigenvalue weighted by Crippen LogP contribution is 2.14. The van der Waals surface area contributed by atoms with E-state index in [0.29, 0.717) is 0 Å². The molecule has 0 unspecified atom stereocenters. The molecule has 0 fully saturated rings. The van der Waals surface area contributed by atoms with E-state index >= 15 is 0 Å². The first-order valence-electron chi connectivity index (χ1n) is 4.82. The SMILES string of the molecule is O=C(O)c1cnc(NCCOCC(F)(F)F)cn1. The van der Waals surface area contributed by atoms with Gasteiger partial charge in [-0.05, 0) is 0 Å². The van der Waals surface area contributed by atoms with Gasteiger partial charge < -0.3 is 15.2 Å². The molecule has 1 aromatic heterocycles. The van der Waals surface area contributed by atoms with Crippen LogP contribution >= 0.6 is 0 Å². The highest BCUT2D eigenvalue weighted by atomic mass is 19.4. The van der Waals surface area contributed by atoms with Gasteiger partial charge in [0.25, 0.3) is 0 Å². The average Bonchev–Trinajstić information content (AvgIpc) is 2.27. The minimum atomic E-state index is -4.34. The molecule has 0 aliphatic heterocycles. The summed E-state index contributed by atoms with van der Waals surface area (Å²) in [5.41, 5.74) is -0.214. The number of carboxylic acids is 1. The first kappa shape index (κ1) is 14.2. The second-order valence-corrected chi connectivity index (χ2v) is 3.19. The Balaban J connectivity index is 2.25. The van der Waals surface area contributed by atoms with Crippen molar-refractivity contribution in [2.45, 2.75) is 6.18 Å². The van der Waals surface area contributed by atoms with Crippen LogP contribution in [0, 0.1) is 0 Å². The molecule has 6 nitrogen and oxygen atoms in total. The number of alkyl halides is 3. The lowest BCUT2D eigenvalue weighted by Crippen LogP contribution is -2.20. The molecule has 0 radical (unpaired) electrons. The number of carboxylic acid groups (broad SMARTS) is 1. The maximum Gasteiger partial charge on any atom is 0.411 e. The van der Waals surface area contributed by atoms with Crippen LogP contribution in [0.4, 0.5) is 19.0 Å². The van der Waals surface area contributed by atoms with Crippen molar-refractivity contribution in [3.63, 3.8) is 0 Å². The van der Waals surface area contributed by atoms with E-state index in [1.54, 1.807) is 0 Å². The summed E-state index contributed by atoms with van der Waals surface area (Å²) in [6.07, 6.45) is -2.13. The van der Waals surface area contributed by atoms with Crippen LogP contribution in [0.3, 0.4) is 0 Å². The zero-order valence-corrected chi connectivity index (χ0v) is 9.07. The summed E-state index contributed by atoms with van der Waals surface area (Å²) in [6.45, 7) is -1.35. The fourth-order valence-corrected chi connectivity index (χ4v) is 0.969. The van der Waals surface area contributed by atoms with Gasteiger partial charge in [-0.15, -0.1) is 0 Å². The van der Waals surface area contributed by atoms with Gasteiger partial charge in [0.15, 0.2) is 5.69 Å². The van der Waals surface area contributed by atoms with E-state index in [0.717, 1.165) is 6.20 Å². The molecular formula is C9H10F3N3O3. The number of nitrogens with one attached hydrogen (secondary N) is 1. The van der Waals surface area contributed by atoms with E-state index in [4.69, 9.17) is 5.11 Å². The number of hydrogen-bond donors (Lipinski definition) is 2. The molecule has 18 heavy (non-hydrogen) atoms. The molecule has 0 aliphatic carbocycles. The molecule has 0 aliphatic rings. The predicted octanol–water partition coefficient (Wildman–Crippen LogP) is 1.17. The van der Waals surface area contributed by atoms with Gasteiger partial charge in [-0.1, -0.05) is 0 Å². The standard InChI is InChI=1S/C9H10F3N3O3/c10-9(11,12)5-18-2-1-13-7-4-14-6(3-15-7)8(16)17/h3-4H,1-2,5H2,(H,13,15)(H,16,17). The van der Waals surface area contributed by atoms with Crippen LogP contribution in [0.15, 0.2) is 12.4 Å². The summed E-state index contributed by atoms with van der Waals surface area (Å²) >= 11 is 0. The first-order valence-corrected chi connectivity index (χ1v) is 4.82. The van der Waals surface area contributed by atoms with Gasteiger partial charge in [0.1, 0.15) is 12.4 Å². The van der Waals surface area contributed by atoms with Crippen molar-refractivity contribution in [1.82, 2.24) is 9.97 Å². The molecule has 1 rings (SSSR count). The Bertz CT molecular complexity index is 394. The lowest BCUT2D eigenvalue weighted by molar-refractivity contribution is -0.172.